The Kier molecular flexibility index (Phi) is 4.87. The summed E-state index contributed by atoms with van der Waals surface area (Å²) < 4.78 is 0. The second-order valence-corrected chi connectivity index (χ2v) is 5.95. The standard InChI is InChI=1S/C20H21N3O/c1-14-5-2-3-8-17(14)20(18-11-22-12-19(18)21)23-10-15-6-4-7-16(9-15)13-24/h2-9,13,22H,10-12,21H2,1H3. The molecule has 122 valence electrons. The average Bonchev–Trinajstić information content (AvgIpc) is 3.03. The number of aliphatic imine (C=N–C) groups is 1. The highest BCUT2D eigenvalue weighted by Crippen LogP contribution is 2.19. The van der Waals surface area contributed by atoms with E-state index in [1.54, 1.807) is 6.07 Å². The van der Waals surface area contributed by atoms with Crippen molar-refractivity contribution >= 4 is 12.0 Å². The molecule has 0 spiro atoms. The molecule has 3 N–H and O–H groups in total. The van der Waals surface area contributed by atoms with Gasteiger partial charge in [0.05, 0.1) is 12.3 Å². The lowest BCUT2D eigenvalue weighted by Gasteiger charge is -2.12. The summed E-state index contributed by atoms with van der Waals surface area (Å²) in [6.07, 6.45) is 0.858. The van der Waals surface area contributed by atoms with E-state index < -0.39 is 0 Å². The number of hydrogen-bond donors (Lipinski definition) is 2. The number of benzene rings is 2. The van der Waals surface area contributed by atoms with Crippen LogP contribution in [0.4, 0.5) is 0 Å². The Morgan fingerprint density at radius 1 is 1.21 bits per heavy atom. The van der Waals surface area contributed by atoms with Gasteiger partial charge >= 0.3 is 0 Å². The second-order valence-electron chi connectivity index (χ2n) is 5.95. The molecule has 1 aliphatic rings. The molecule has 0 unspecified atom stereocenters. The van der Waals surface area contributed by atoms with Gasteiger partial charge in [0.25, 0.3) is 0 Å². The van der Waals surface area contributed by atoms with Crippen molar-refractivity contribution in [3.63, 3.8) is 0 Å². The van der Waals surface area contributed by atoms with Crippen LogP contribution in [0.2, 0.25) is 0 Å². The van der Waals surface area contributed by atoms with E-state index in [1.807, 2.05) is 30.3 Å². The van der Waals surface area contributed by atoms with Crippen LogP contribution in [-0.2, 0) is 6.54 Å². The van der Waals surface area contributed by atoms with E-state index in [0.29, 0.717) is 18.7 Å². The van der Waals surface area contributed by atoms with Crippen LogP contribution >= 0.6 is 0 Å². The van der Waals surface area contributed by atoms with Gasteiger partial charge in [0.1, 0.15) is 6.29 Å². The van der Waals surface area contributed by atoms with Crippen molar-refractivity contribution in [2.24, 2.45) is 10.7 Å². The third-order valence-corrected chi connectivity index (χ3v) is 4.20. The topological polar surface area (TPSA) is 67.5 Å². The van der Waals surface area contributed by atoms with Crippen LogP contribution in [0.1, 0.15) is 27.0 Å². The van der Waals surface area contributed by atoms with Gasteiger partial charge in [-0.05, 0) is 24.1 Å². The molecule has 0 radical (unpaired) electrons. The monoisotopic (exact) mass is 319 g/mol. The van der Waals surface area contributed by atoms with E-state index in [-0.39, 0.29) is 0 Å². The van der Waals surface area contributed by atoms with Crippen molar-refractivity contribution in [1.82, 2.24) is 5.32 Å². The van der Waals surface area contributed by atoms with Crippen LogP contribution in [0.15, 0.2) is 64.8 Å². The molecule has 1 aliphatic heterocycles. The third-order valence-electron chi connectivity index (χ3n) is 4.20. The van der Waals surface area contributed by atoms with Gasteiger partial charge in [-0.3, -0.25) is 9.79 Å². The summed E-state index contributed by atoms with van der Waals surface area (Å²) in [7, 11) is 0. The number of rotatable bonds is 5. The molecule has 0 aromatic heterocycles. The number of carbonyl (C=O) groups excluding carboxylic acids is 1. The quantitative estimate of drug-likeness (QED) is 0.657. The number of aldehydes is 1. The molecule has 1 heterocycles. The number of nitrogens with zero attached hydrogens (tertiary/aromatic N) is 1. The lowest BCUT2D eigenvalue weighted by Crippen LogP contribution is -2.15. The lowest BCUT2D eigenvalue weighted by molar-refractivity contribution is 0.112. The van der Waals surface area contributed by atoms with E-state index in [1.165, 1.54) is 5.56 Å². The molecule has 0 bridgehead atoms. The summed E-state index contributed by atoms with van der Waals surface area (Å²) in [5.74, 6) is 0. The van der Waals surface area contributed by atoms with Crippen molar-refractivity contribution < 1.29 is 4.79 Å². The van der Waals surface area contributed by atoms with Gasteiger partial charge in [-0.2, -0.15) is 0 Å². The SMILES string of the molecule is Cc1ccccc1C(=NCc1cccc(C=O)c1)C1=C(N)CNC1. The molecule has 24 heavy (non-hydrogen) atoms. The molecule has 4 heteroatoms. The molecule has 4 nitrogen and oxygen atoms in total. The zero-order valence-electron chi connectivity index (χ0n) is 13.8. The summed E-state index contributed by atoms with van der Waals surface area (Å²) in [6, 6.07) is 15.7. The zero-order valence-corrected chi connectivity index (χ0v) is 13.8. The minimum Gasteiger partial charge on any atom is -0.401 e. The van der Waals surface area contributed by atoms with Gasteiger partial charge in [-0.1, -0.05) is 42.5 Å². The number of aryl methyl sites for hydroxylation is 1. The van der Waals surface area contributed by atoms with E-state index in [0.717, 1.165) is 40.9 Å². The van der Waals surface area contributed by atoms with Crippen LogP contribution in [0.25, 0.3) is 0 Å². The van der Waals surface area contributed by atoms with E-state index in [2.05, 4.69) is 24.4 Å². The molecule has 0 atom stereocenters. The Labute approximate surface area is 142 Å². The van der Waals surface area contributed by atoms with Crippen LogP contribution in [-0.4, -0.2) is 25.1 Å². The fourth-order valence-electron chi connectivity index (χ4n) is 2.90. The second kappa shape index (κ2) is 7.23. The molecule has 0 amide bonds. The fraction of sp³-hybridized carbons (Fsp3) is 0.200. The van der Waals surface area contributed by atoms with E-state index >= 15 is 0 Å². The zero-order chi connectivity index (χ0) is 16.9. The van der Waals surface area contributed by atoms with Crippen molar-refractivity contribution in [2.75, 3.05) is 13.1 Å². The van der Waals surface area contributed by atoms with E-state index in [9.17, 15) is 4.79 Å². The van der Waals surface area contributed by atoms with Crippen molar-refractivity contribution in [2.45, 2.75) is 13.5 Å². The Morgan fingerprint density at radius 3 is 2.75 bits per heavy atom. The number of carbonyl (C=O) groups is 1. The molecule has 3 rings (SSSR count). The van der Waals surface area contributed by atoms with Crippen LogP contribution in [0, 0.1) is 6.92 Å². The Hall–Kier alpha value is -2.72. The Balaban J connectivity index is 2.00. The lowest BCUT2D eigenvalue weighted by atomic mass is 9.97. The highest BCUT2D eigenvalue weighted by molar-refractivity contribution is 6.14. The van der Waals surface area contributed by atoms with Crippen LogP contribution in [0.3, 0.4) is 0 Å². The molecular weight excluding hydrogens is 298 g/mol. The third kappa shape index (κ3) is 3.44. The maximum atomic E-state index is 10.9. The molecule has 0 saturated carbocycles. The fourth-order valence-corrected chi connectivity index (χ4v) is 2.90. The normalized spacial score (nSPS) is 15.0. The van der Waals surface area contributed by atoms with E-state index in [4.69, 9.17) is 10.7 Å². The molecular formula is C20H21N3O. The Bertz CT molecular complexity index is 821. The largest absolute Gasteiger partial charge is 0.401 e. The molecule has 2 aromatic rings. The molecule has 2 aromatic carbocycles. The Morgan fingerprint density at radius 2 is 2.04 bits per heavy atom. The minimum atomic E-state index is 0.516. The maximum absolute atomic E-state index is 10.9. The summed E-state index contributed by atoms with van der Waals surface area (Å²) in [6.45, 7) is 4.02. The number of nitrogens with one attached hydrogen (secondary N) is 1. The summed E-state index contributed by atoms with van der Waals surface area (Å²) in [5, 5.41) is 3.28. The van der Waals surface area contributed by atoms with Gasteiger partial charge in [0, 0.05) is 35.5 Å². The van der Waals surface area contributed by atoms with Gasteiger partial charge in [0.2, 0.25) is 0 Å². The first kappa shape index (κ1) is 16.1. The van der Waals surface area contributed by atoms with Gasteiger partial charge in [-0.15, -0.1) is 0 Å². The maximum Gasteiger partial charge on any atom is 0.150 e. The van der Waals surface area contributed by atoms with Gasteiger partial charge in [0.15, 0.2) is 0 Å². The summed E-state index contributed by atoms with van der Waals surface area (Å²) >= 11 is 0. The van der Waals surface area contributed by atoms with Crippen molar-refractivity contribution in [3.8, 4) is 0 Å². The number of nitrogens with two attached hydrogens (primary N) is 1. The molecule has 0 fully saturated rings. The van der Waals surface area contributed by atoms with Gasteiger partial charge < -0.3 is 11.1 Å². The smallest absolute Gasteiger partial charge is 0.150 e. The predicted octanol–water partition coefficient (Wildman–Crippen LogP) is 2.61. The van der Waals surface area contributed by atoms with Crippen molar-refractivity contribution in [1.29, 1.82) is 0 Å². The highest BCUT2D eigenvalue weighted by Gasteiger charge is 2.19. The first-order valence-corrected chi connectivity index (χ1v) is 8.02. The highest BCUT2D eigenvalue weighted by atomic mass is 16.1. The average molecular weight is 319 g/mol. The first-order valence-electron chi connectivity index (χ1n) is 8.02. The summed E-state index contributed by atoms with van der Waals surface area (Å²) in [5.41, 5.74) is 13.0. The molecule has 0 aliphatic carbocycles. The number of hydrogen-bond acceptors (Lipinski definition) is 4. The summed E-state index contributed by atoms with van der Waals surface area (Å²) in [4.78, 5) is 15.8. The van der Waals surface area contributed by atoms with Crippen molar-refractivity contribution in [3.05, 3.63) is 82.1 Å². The minimum absolute atomic E-state index is 0.516. The van der Waals surface area contributed by atoms with Crippen LogP contribution in [0.5, 0.6) is 0 Å². The first-order chi connectivity index (χ1) is 11.7. The predicted molar refractivity (Wildman–Crippen MR) is 97.3 cm³/mol. The molecule has 0 saturated heterocycles. The van der Waals surface area contributed by atoms with Crippen LogP contribution < -0.4 is 11.1 Å². The van der Waals surface area contributed by atoms with Gasteiger partial charge in [-0.25, -0.2) is 0 Å².